The third kappa shape index (κ3) is 8.12. The van der Waals surface area contributed by atoms with Crippen molar-refractivity contribution in [2.75, 3.05) is 6.61 Å². The Morgan fingerprint density at radius 2 is 1.87 bits per heavy atom. The Balaban J connectivity index is 1.85. The molecule has 202 valence electrons. The highest BCUT2D eigenvalue weighted by molar-refractivity contribution is 6.63. The van der Waals surface area contributed by atoms with E-state index in [-0.39, 0.29) is 31.1 Å². The first kappa shape index (κ1) is 29.8. The second kappa shape index (κ2) is 14.4. The van der Waals surface area contributed by atoms with E-state index in [0.29, 0.717) is 28.7 Å². The van der Waals surface area contributed by atoms with Crippen LogP contribution in [0.3, 0.4) is 0 Å². The second-order valence-corrected chi connectivity index (χ2v) is 10.6. The zero-order valence-electron chi connectivity index (χ0n) is 21.5. The average Bonchev–Trinajstić information content (AvgIpc) is 3.17. The lowest BCUT2D eigenvalue weighted by molar-refractivity contribution is -0.112. The third-order valence-electron chi connectivity index (χ3n) is 6.56. The van der Waals surface area contributed by atoms with E-state index in [1.54, 1.807) is 17.6 Å². The first-order valence-electron chi connectivity index (χ1n) is 12.9. The van der Waals surface area contributed by atoms with Crippen molar-refractivity contribution in [1.29, 1.82) is 0 Å². The van der Waals surface area contributed by atoms with Crippen LogP contribution in [0.15, 0.2) is 36.5 Å². The molecule has 0 fully saturated rings. The summed E-state index contributed by atoms with van der Waals surface area (Å²) in [5.41, 5.74) is 3.20. The molecule has 7 nitrogen and oxygen atoms in total. The Morgan fingerprint density at radius 3 is 2.53 bits per heavy atom. The van der Waals surface area contributed by atoms with Crippen LogP contribution >= 0.6 is 23.2 Å². The van der Waals surface area contributed by atoms with E-state index in [9.17, 15) is 19.8 Å². The van der Waals surface area contributed by atoms with E-state index in [1.807, 2.05) is 18.2 Å². The monoisotopic (exact) mass is 557 g/mol. The number of aliphatic hydroxyl groups excluding tert-OH is 2. The number of benzene rings is 1. The maximum atomic E-state index is 13.6. The fourth-order valence-electron chi connectivity index (χ4n) is 4.79. The van der Waals surface area contributed by atoms with Crippen molar-refractivity contribution < 1.29 is 19.8 Å². The molecule has 38 heavy (non-hydrogen) atoms. The van der Waals surface area contributed by atoms with E-state index in [4.69, 9.17) is 29.8 Å². The SMILES string of the molecule is [C-]#[N+]c1cnc2c(c1)c(C(=O)CC(C)CC(=O)Cl)c(CCCCCCc1cccc(Cl)c1)n2C[C@H](O)CO. The number of unbranched alkanes of at least 4 members (excludes halogenated alkanes) is 3. The van der Waals surface area contributed by atoms with Crippen LogP contribution in [-0.2, 0) is 24.2 Å². The van der Waals surface area contributed by atoms with Crippen LogP contribution in [0.4, 0.5) is 5.69 Å². The summed E-state index contributed by atoms with van der Waals surface area (Å²) in [6.07, 6.45) is 5.90. The van der Waals surface area contributed by atoms with E-state index >= 15 is 0 Å². The normalized spacial score (nSPS) is 12.8. The number of ketones is 1. The van der Waals surface area contributed by atoms with Gasteiger partial charge in [-0.1, -0.05) is 43.5 Å². The highest BCUT2D eigenvalue weighted by Gasteiger charge is 2.26. The number of Topliss-reactive ketones (excluding diaryl/α,β-unsaturated/α-hetero) is 1. The number of fused-ring (bicyclic) bond motifs is 1. The average molecular weight is 559 g/mol. The minimum Gasteiger partial charge on any atom is -0.394 e. The van der Waals surface area contributed by atoms with Gasteiger partial charge in [0.05, 0.1) is 25.8 Å². The molecule has 9 heteroatoms. The first-order chi connectivity index (χ1) is 18.2. The number of aryl methyl sites for hydroxylation is 1. The van der Waals surface area contributed by atoms with Crippen molar-refractivity contribution in [3.05, 3.63) is 69.8 Å². The number of aromatic nitrogens is 2. The molecule has 2 aromatic heterocycles. The zero-order valence-corrected chi connectivity index (χ0v) is 23.0. The summed E-state index contributed by atoms with van der Waals surface area (Å²) in [5, 5.41) is 20.6. The number of hydrogen-bond donors (Lipinski definition) is 2. The lowest BCUT2D eigenvalue weighted by atomic mass is 9.94. The van der Waals surface area contributed by atoms with Crippen molar-refractivity contribution in [2.45, 2.75) is 70.9 Å². The zero-order chi connectivity index (χ0) is 27.7. The lowest BCUT2D eigenvalue weighted by Gasteiger charge is -2.15. The molecule has 2 N–H and O–H groups in total. The standard InChI is InChI=1S/C29H33Cl2N3O4/c1-19(13-27(31)38)12-26(37)28-24-15-22(32-2)16-33-29(24)34(17-23(36)18-35)25(28)11-6-4-3-5-8-20-9-7-10-21(30)14-20/h7,9-10,14-16,19,23,35-36H,3-6,8,11-13,17-18H2,1H3/t19?,23-/m0/s1. The molecular weight excluding hydrogens is 525 g/mol. The first-order valence-corrected chi connectivity index (χ1v) is 13.6. The molecule has 0 amide bonds. The molecule has 0 aliphatic rings. The quantitative estimate of drug-likeness (QED) is 0.0988. The molecule has 3 rings (SSSR count). The summed E-state index contributed by atoms with van der Waals surface area (Å²) in [6.45, 7) is 8.85. The molecule has 1 unspecified atom stereocenters. The van der Waals surface area contributed by atoms with Gasteiger partial charge >= 0.3 is 0 Å². The van der Waals surface area contributed by atoms with Crippen molar-refractivity contribution in [1.82, 2.24) is 9.55 Å². The van der Waals surface area contributed by atoms with Gasteiger partial charge in [-0.25, -0.2) is 9.83 Å². The molecule has 0 aliphatic carbocycles. The van der Waals surface area contributed by atoms with Gasteiger partial charge in [-0.05, 0) is 67.0 Å². The van der Waals surface area contributed by atoms with E-state index in [0.717, 1.165) is 42.8 Å². The fourth-order valence-corrected chi connectivity index (χ4v) is 5.27. The topological polar surface area (TPSA) is 96.8 Å². The predicted octanol–water partition coefficient (Wildman–Crippen LogP) is 6.30. The van der Waals surface area contributed by atoms with Crippen LogP contribution in [0.25, 0.3) is 15.9 Å². The van der Waals surface area contributed by atoms with Crippen LogP contribution in [0.1, 0.15) is 67.1 Å². The molecule has 0 saturated carbocycles. The van der Waals surface area contributed by atoms with Gasteiger partial charge < -0.3 is 14.8 Å². The van der Waals surface area contributed by atoms with Crippen molar-refractivity contribution in [2.24, 2.45) is 5.92 Å². The Morgan fingerprint density at radius 1 is 1.13 bits per heavy atom. The highest BCUT2D eigenvalue weighted by Crippen LogP contribution is 2.32. The molecule has 0 saturated heterocycles. The minimum absolute atomic E-state index is 0.0739. The third-order valence-corrected chi connectivity index (χ3v) is 6.95. The number of hydrogen-bond acceptors (Lipinski definition) is 5. The Bertz CT molecular complexity index is 1320. The van der Waals surface area contributed by atoms with Gasteiger partial charge in [-0.3, -0.25) is 9.59 Å². The number of nitrogens with zero attached hydrogens (tertiary/aromatic N) is 3. The van der Waals surface area contributed by atoms with Gasteiger partial charge in [0.25, 0.3) is 0 Å². The number of halogens is 2. The van der Waals surface area contributed by atoms with Crippen LogP contribution in [0.2, 0.25) is 5.02 Å². The van der Waals surface area contributed by atoms with Gasteiger partial charge in [0.2, 0.25) is 10.9 Å². The van der Waals surface area contributed by atoms with Gasteiger partial charge in [-0.15, -0.1) is 0 Å². The van der Waals surface area contributed by atoms with E-state index < -0.39 is 18.0 Å². The van der Waals surface area contributed by atoms with E-state index in [1.165, 1.54) is 11.8 Å². The molecule has 0 aliphatic heterocycles. The molecule has 0 radical (unpaired) electrons. The van der Waals surface area contributed by atoms with Gasteiger partial charge in [0.1, 0.15) is 5.65 Å². The summed E-state index contributed by atoms with van der Waals surface area (Å²) >= 11 is 11.6. The number of carbonyl (C=O) groups is 2. The number of aliphatic hydroxyl groups is 2. The molecule has 0 spiro atoms. The van der Waals surface area contributed by atoms with E-state index in [2.05, 4.69) is 15.9 Å². The lowest BCUT2D eigenvalue weighted by Crippen LogP contribution is -2.22. The maximum Gasteiger partial charge on any atom is 0.221 e. The predicted molar refractivity (Wildman–Crippen MR) is 150 cm³/mol. The van der Waals surface area contributed by atoms with Crippen LogP contribution in [0, 0.1) is 12.5 Å². The summed E-state index contributed by atoms with van der Waals surface area (Å²) in [7, 11) is 0. The van der Waals surface area contributed by atoms with Gasteiger partial charge in [0.15, 0.2) is 5.78 Å². The van der Waals surface area contributed by atoms with Crippen molar-refractivity contribution >= 4 is 50.9 Å². The summed E-state index contributed by atoms with van der Waals surface area (Å²) in [4.78, 5) is 32.9. The number of carbonyl (C=O) groups excluding carboxylic acids is 2. The Hall–Kier alpha value is -2.76. The summed E-state index contributed by atoms with van der Waals surface area (Å²) < 4.78 is 1.79. The minimum atomic E-state index is -1.03. The molecular formula is C29H33Cl2N3O4. The highest BCUT2D eigenvalue weighted by atomic mass is 35.5. The molecule has 1 aromatic carbocycles. The van der Waals surface area contributed by atoms with Gasteiger partial charge in [0, 0.05) is 40.7 Å². The fraction of sp³-hybridized carbons (Fsp3) is 0.448. The molecule has 2 atom stereocenters. The summed E-state index contributed by atoms with van der Waals surface area (Å²) in [6, 6.07) is 9.51. The van der Waals surface area contributed by atoms with Gasteiger partial charge in [-0.2, -0.15) is 0 Å². The van der Waals surface area contributed by atoms with Crippen LogP contribution in [-0.4, -0.2) is 43.5 Å². The number of rotatable bonds is 15. The Kier molecular flexibility index (Phi) is 11.3. The molecule has 3 aromatic rings. The van der Waals surface area contributed by atoms with Crippen LogP contribution < -0.4 is 0 Å². The maximum absolute atomic E-state index is 13.6. The van der Waals surface area contributed by atoms with Crippen molar-refractivity contribution in [3.63, 3.8) is 0 Å². The van der Waals surface area contributed by atoms with Crippen molar-refractivity contribution in [3.8, 4) is 0 Å². The molecule has 2 heterocycles. The smallest absolute Gasteiger partial charge is 0.221 e. The Labute approximate surface area is 233 Å². The van der Waals surface area contributed by atoms with Crippen LogP contribution in [0.5, 0.6) is 0 Å². The molecule has 0 bridgehead atoms. The number of pyridine rings is 1. The second-order valence-electron chi connectivity index (χ2n) is 9.78. The largest absolute Gasteiger partial charge is 0.394 e. The summed E-state index contributed by atoms with van der Waals surface area (Å²) in [5.74, 6) is -0.400.